The molecule has 0 aliphatic carbocycles. The van der Waals surface area contributed by atoms with E-state index in [0.29, 0.717) is 4.48 Å². The van der Waals surface area contributed by atoms with Crippen molar-refractivity contribution in [1.29, 1.82) is 0 Å². The lowest BCUT2D eigenvalue weighted by Crippen LogP contribution is -2.57. The lowest BCUT2D eigenvalue weighted by molar-refractivity contribution is -0.862. The minimum Gasteiger partial charge on any atom is -0.508 e. The van der Waals surface area contributed by atoms with Crippen molar-refractivity contribution >= 4 is 17.8 Å². The average molecular weight is 394 g/mol. The van der Waals surface area contributed by atoms with E-state index in [-0.39, 0.29) is 24.6 Å². The van der Waals surface area contributed by atoms with Gasteiger partial charge in [0.2, 0.25) is 5.91 Å². The van der Waals surface area contributed by atoms with Gasteiger partial charge < -0.3 is 25.3 Å². The molecule has 0 aliphatic rings. The van der Waals surface area contributed by atoms with Gasteiger partial charge in [-0.25, -0.2) is 4.79 Å². The van der Waals surface area contributed by atoms with E-state index >= 15 is 0 Å². The molecule has 8 nitrogen and oxygen atoms in total. The number of hydrogen-bond donors (Lipinski definition) is 4. The molecule has 0 saturated heterocycles. The van der Waals surface area contributed by atoms with Crippen LogP contribution in [-0.2, 0) is 20.8 Å². The largest absolute Gasteiger partial charge is 0.508 e. The number of carbonyl (C=O) groups is 3. The number of phenolic OH excluding ortho intramolecular Hbond substituents is 1. The van der Waals surface area contributed by atoms with Crippen LogP contribution in [0.5, 0.6) is 5.75 Å². The van der Waals surface area contributed by atoms with Gasteiger partial charge in [-0.15, -0.1) is 0 Å². The lowest BCUT2D eigenvalue weighted by atomic mass is 9.86. The van der Waals surface area contributed by atoms with Crippen LogP contribution in [0.25, 0.3) is 0 Å². The molecule has 0 bridgehead atoms. The van der Waals surface area contributed by atoms with Gasteiger partial charge in [0.25, 0.3) is 5.91 Å². The third kappa shape index (κ3) is 7.96. The number of aromatic hydroxyl groups is 1. The molecule has 2 atom stereocenters. The van der Waals surface area contributed by atoms with Crippen LogP contribution in [-0.4, -0.2) is 72.3 Å². The van der Waals surface area contributed by atoms with Crippen LogP contribution in [0.1, 0.15) is 26.3 Å². The van der Waals surface area contributed by atoms with Gasteiger partial charge in [0.1, 0.15) is 17.8 Å². The maximum atomic E-state index is 12.8. The predicted octanol–water partition coefficient (Wildman–Crippen LogP) is 0.741. The fourth-order valence-corrected chi connectivity index (χ4v) is 2.64. The van der Waals surface area contributed by atoms with Gasteiger partial charge >= 0.3 is 5.97 Å². The van der Waals surface area contributed by atoms with E-state index < -0.39 is 29.4 Å². The number of nitrogens with zero attached hydrogens (tertiary/aromatic N) is 1. The summed E-state index contributed by atoms with van der Waals surface area (Å²) < 4.78 is 0.388. The smallest absolute Gasteiger partial charge is 0.326 e. The topological polar surface area (TPSA) is 116 Å². The highest BCUT2D eigenvalue weighted by Gasteiger charge is 2.35. The Morgan fingerprint density at radius 1 is 1.04 bits per heavy atom. The first-order valence-electron chi connectivity index (χ1n) is 9.10. The summed E-state index contributed by atoms with van der Waals surface area (Å²) in [7, 11) is 5.57. The third-order valence-electron chi connectivity index (χ3n) is 4.05. The summed E-state index contributed by atoms with van der Waals surface area (Å²) in [5.74, 6) is -1.92. The Morgan fingerprint density at radius 3 is 2.00 bits per heavy atom. The second-order valence-electron chi connectivity index (χ2n) is 9.08. The number of phenols is 1. The van der Waals surface area contributed by atoms with Crippen LogP contribution in [0, 0.1) is 5.41 Å². The van der Waals surface area contributed by atoms with Crippen molar-refractivity contribution in [3.8, 4) is 5.75 Å². The first kappa shape index (κ1) is 23.4. The van der Waals surface area contributed by atoms with E-state index in [9.17, 15) is 24.6 Å². The highest BCUT2D eigenvalue weighted by atomic mass is 16.4. The number of nitrogens with one attached hydrogen (secondary N) is 2. The number of hydrogen-bond acceptors (Lipinski definition) is 4. The number of carboxylic acids is 1. The summed E-state index contributed by atoms with van der Waals surface area (Å²) in [6, 6.07) is 4.26. The Balaban J connectivity index is 3.03. The third-order valence-corrected chi connectivity index (χ3v) is 4.05. The summed E-state index contributed by atoms with van der Waals surface area (Å²) in [6.07, 6.45) is 0.172. The van der Waals surface area contributed by atoms with E-state index in [1.807, 2.05) is 21.1 Å². The fourth-order valence-electron chi connectivity index (χ4n) is 2.64. The monoisotopic (exact) mass is 394 g/mol. The number of carboxylic acid groups (broad SMARTS) is 1. The van der Waals surface area contributed by atoms with Gasteiger partial charge in [-0.05, 0) is 23.1 Å². The summed E-state index contributed by atoms with van der Waals surface area (Å²) in [6.45, 7) is 5.32. The van der Waals surface area contributed by atoms with E-state index in [1.54, 1.807) is 32.9 Å². The first-order chi connectivity index (χ1) is 12.7. The van der Waals surface area contributed by atoms with Gasteiger partial charge in [0.15, 0.2) is 6.54 Å². The number of likely N-dealkylation sites (N-methyl/N-ethyl adjacent to an activating group) is 1. The molecular formula is C20H32N3O5+. The Kier molecular flexibility index (Phi) is 7.58. The highest BCUT2D eigenvalue weighted by molar-refractivity contribution is 5.91. The number of aliphatic carboxylic acids is 1. The van der Waals surface area contributed by atoms with Gasteiger partial charge in [-0.1, -0.05) is 32.9 Å². The molecule has 2 amide bonds. The number of amides is 2. The van der Waals surface area contributed by atoms with Gasteiger partial charge in [0, 0.05) is 6.42 Å². The second-order valence-corrected chi connectivity index (χ2v) is 9.08. The fraction of sp³-hybridized carbons (Fsp3) is 0.550. The van der Waals surface area contributed by atoms with Crippen molar-refractivity contribution in [2.75, 3.05) is 27.7 Å². The normalized spacial score (nSPS) is 14.1. The molecule has 0 spiro atoms. The van der Waals surface area contributed by atoms with Crippen molar-refractivity contribution in [2.24, 2.45) is 5.41 Å². The maximum absolute atomic E-state index is 12.8. The van der Waals surface area contributed by atoms with Crippen molar-refractivity contribution < 1.29 is 29.1 Å². The van der Waals surface area contributed by atoms with E-state index in [1.165, 1.54) is 12.1 Å². The molecule has 0 heterocycles. The number of quaternary nitrogens is 1. The minimum absolute atomic E-state index is 0.0949. The molecule has 0 aliphatic heterocycles. The summed E-state index contributed by atoms with van der Waals surface area (Å²) in [4.78, 5) is 36.8. The van der Waals surface area contributed by atoms with E-state index in [0.717, 1.165) is 5.56 Å². The summed E-state index contributed by atoms with van der Waals surface area (Å²) in [5.41, 5.74) is 0.0304. The van der Waals surface area contributed by atoms with Crippen LogP contribution in [0.15, 0.2) is 24.3 Å². The standard InChI is InChI=1S/C20H31N3O5/c1-20(2,3)17(19(27)28)22-18(26)15(21-16(25)12-23(4,5)6)11-13-7-9-14(24)10-8-13/h7-10,15,17H,11-12H2,1-6H3,(H3-,21,22,24,25,26,27,28)/p+1/t15-,17+/m0/s1. The zero-order chi connectivity index (χ0) is 21.7. The molecule has 8 heteroatoms. The molecule has 0 fully saturated rings. The molecule has 1 aromatic carbocycles. The van der Waals surface area contributed by atoms with Crippen LogP contribution in [0.3, 0.4) is 0 Å². The van der Waals surface area contributed by atoms with Crippen molar-refractivity contribution in [3.63, 3.8) is 0 Å². The quantitative estimate of drug-likeness (QED) is 0.486. The van der Waals surface area contributed by atoms with Crippen LogP contribution < -0.4 is 10.6 Å². The SMILES string of the molecule is CC(C)(C)[C@H](NC(=O)[C@H](Cc1ccc(O)cc1)NC(=O)C[N+](C)(C)C)C(=O)O. The van der Waals surface area contributed by atoms with E-state index in [4.69, 9.17) is 0 Å². The number of benzene rings is 1. The van der Waals surface area contributed by atoms with Crippen LogP contribution >= 0.6 is 0 Å². The zero-order valence-electron chi connectivity index (χ0n) is 17.4. The highest BCUT2D eigenvalue weighted by Crippen LogP contribution is 2.20. The Labute approximate surface area is 166 Å². The minimum atomic E-state index is -1.14. The lowest BCUT2D eigenvalue weighted by Gasteiger charge is -2.30. The molecular weight excluding hydrogens is 362 g/mol. The Bertz CT molecular complexity index is 702. The number of carbonyl (C=O) groups excluding carboxylic acids is 2. The zero-order valence-corrected chi connectivity index (χ0v) is 17.4. The van der Waals surface area contributed by atoms with Gasteiger partial charge in [-0.2, -0.15) is 0 Å². The molecule has 0 aromatic heterocycles. The first-order valence-corrected chi connectivity index (χ1v) is 9.10. The van der Waals surface area contributed by atoms with Gasteiger partial charge in [0.05, 0.1) is 21.1 Å². The maximum Gasteiger partial charge on any atom is 0.326 e. The summed E-state index contributed by atoms with van der Waals surface area (Å²) >= 11 is 0. The van der Waals surface area contributed by atoms with Crippen molar-refractivity contribution in [1.82, 2.24) is 10.6 Å². The predicted molar refractivity (Wildman–Crippen MR) is 106 cm³/mol. The van der Waals surface area contributed by atoms with Crippen molar-refractivity contribution in [3.05, 3.63) is 29.8 Å². The van der Waals surface area contributed by atoms with Gasteiger partial charge in [-0.3, -0.25) is 9.59 Å². The molecule has 1 rings (SSSR count). The molecule has 0 unspecified atom stereocenters. The Hall–Kier alpha value is -2.61. The molecule has 0 saturated carbocycles. The van der Waals surface area contributed by atoms with E-state index in [2.05, 4.69) is 10.6 Å². The molecule has 1 aromatic rings. The Morgan fingerprint density at radius 2 is 1.57 bits per heavy atom. The van der Waals surface area contributed by atoms with Crippen LogP contribution in [0.2, 0.25) is 0 Å². The van der Waals surface area contributed by atoms with Crippen LogP contribution in [0.4, 0.5) is 0 Å². The second kappa shape index (κ2) is 9.05. The average Bonchev–Trinajstić information content (AvgIpc) is 2.50. The molecule has 156 valence electrons. The number of rotatable bonds is 8. The molecule has 4 N–H and O–H groups in total. The molecule has 28 heavy (non-hydrogen) atoms. The molecule has 0 radical (unpaired) electrons. The van der Waals surface area contributed by atoms with Crippen molar-refractivity contribution in [2.45, 2.75) is 39.3 Å². The summed E-state index contributed by atoms with van der Waals surface area (Å²) in [5, 5.41) is 24.1.